The third kappa shape index (κ3) is 4.54. The minimum atomic E-state index is -0.0931. The minimum Gasteiger partial charge on any atom is -0.493 e. The van der Waals surface area contributed by atoms with Crippen LogP contribution in [-0.2, 0) is 11.3 Å². The summed E-state index contributed by atoms with van der Waals surface area (Å²) in [5.41, 5.74) is 0.909. The summed E-state index contributed by atoms with van der Waals surface area (Å²) < 4.78 is 16.1. The van der Waals surface area contributed by atoms with Gasteiger partial charge in [-0.2, -0.15) is 0 Å². The number of piperidine rings is 1. The number of aliphatic hydroxyl groups is 1. The fourth-order valence-electron chi connectivity index (χ4n) is 3.54. The Balaban J connectivity index is 2.17. The van der Waals surface area contributed by atoms with Crippen molar-refractivity contribution in [2.45, 2.75) is 25.8 Å². The van der Waals surface area contributed by atoms with Crippen molar-refractivity contribution in [3.05, 3.63) is 22.7 Å². The molecule has 1 aliphatic heterocycles. The third-order valence-electron chi connectivity index (χ3n) is 4.83. The van der Waals surface area contributed by atoms with Crippen molar-refractivity contribution in [2.75, 3.05) is 47.6 Å². The number of nitrogens with zero attached hydrogens (tertiary/aromatic N) is 1. The van der Waals surface area contributed by atoms with Crippen LogP contribution >= 0.6 is 11.6 Å². The summed E-state index contributed by atoms with van der Waals surface area (Å²) in [5, 5.41) is 10.6. The summed E-state index contributed by atoms with van der Waals surface area (Å²) >= 11 is 6.22. The summed E-state index contributed by atoms with van der Waals surface area (Å²) in [6.45, 7) is 3.40. The van der Waals surface area contributed by atoms with Gasteiger partial charge in [0.25, 0.3) is 0 Å². The number of hydrogen-bond acceptors (Lipinski definition) is 5. The van der Waals surface area contributed by atoms with E-state index in [0.29, 0.717) is 17.4 Å². The molecule has 0 unspecified atom stereocenters. The van der Waals surface area contributed by atoms with E-state index in [1.165, 1.54) is 0 Å². The summed E-state index contributed by atoms with van der Waals surface area (Å²) in [5.74, 6) is 1.36. The van der Waals surface area contributed by atoms with Gasteiger partial charge in [0.2, 0.25) is 0 Å². The Bertz CT molecular complexity index is 540. The highest BCUT2D eigenvalue weighted by molar-refractivity contribution is 6.30. The Labute approximate surface area is 149 Å². The zero-order valence-corrected chi connectivity index (χ0v) is 15.6. The molecule has 0 aromatic heterocycles. The molecule has 1 aromatic rings. The van der Waals surface area contributed by atoms with Gasteiger partial charge in [-0.1, -0.05) is 11.6 Å². The fourth-order valence-corrected chi connectivity index (χ4v) is 3.77. The molecule has 0 spiro atoms. The molecule has 0 radical (unpaired) electrons. The first kappa shape index (κ1) is 19.3. The lowest BCUT2D eigenvalue weighted by molar-refractivity contribution is 0.00454. The second-order valence-corrected chi connectivity index (χ2v) is 6.95. The molecular formula is C18H28ClNO4. The lowest BCUT2D eigenvalue weighted by atomic mass is 9.78. The van der Waals surface area contributed by atoms with E-state index in [4.69, 9.17) is 25.8 Å². The Kier molecular flexibility index (Phi) is 7.16. The number of likely N-dealkylation sites (tertiary alicyclic amines) is 1. The van der Waals surface area contributed by atoms with Gasteiger partial charge >= 0.3 is 0 Å². The van der Waals surface area contributed by atoms with E-state index in [1.54, 1.807) is 27.4 Å². The second-order valence-electron chi connectivity index (χ2n) is 6.52. The third-order valence-corrected chi connectivity index (χ3v) is 5.05. The number of benzene rings is 1. The highest BCUT2D eigenvalue weighted by Gasteiger charge is 2.35. The van der Waals surface area contributed by atoms with Gasteiger partial charge in [0.05, 0.1) is 20.8 Å². The first-order valence-electron chi connectivity index (χ1n) is 8.30. The van der Waals surface area contributed by atoms with E-state index >= 15 is 0 Å². The highest BCUT2D eigenvalue weighted by Crippen LogP contribution is 2.38. The number of methoxy groups -OCH3 is 3. The molecule has 1 N–H and O–H groups in total. The van der Waals surface area contributed by atoms with Crippen LogP contribution in [0, 0.1) is 5.41 Å². The largest absolute Gasteiger partial charge is 0.493 e. The van der Waals surface area contributed by atoms with Gasteiger partial charge in [-0.25, -0.2) is 0 Å². The van der Waals surface area contributed by atoms with Crippen LogP contribution in [0.3, 0.4) is 0 Å². The van der Waals surface area contributed by atoms with Crippen molar-refractivity contribution in [2.24, 2.45) is 5.41 Å². The molecule has 136 valence electrons. The Morgan fingerprint density at radius 3 is 2.67 bits per heavy atom. The van der Waals surface area contributed by atoms with Crippen LogP contribution in [0.15, 0.2) is 12.1 Å². The Morgan fingerprint density at radius 2 is 2.04 bits per heavy atom. The maximum atomic E-state index is 9.93. The first-order chi connectivity index (χ1) is 11.6. The smallest absolute Gasteiger partial charge is 0.165 e. The predicted octanol–water partition coefficient (Wildman–Crippen LogP) is 2.97. The van der Waals surface area contributed by atoms with Crippen LogP contribution in [0.1, 0.15) is 24.8 Å². The molecule has 0 amide bonds. The quantitative estimate of drug-likeness (QED) is 0.775. The number of aliphatic hydroxyl groups excluding tert-OH is 1. The van der Waals surface area contributed by atoms with Crippen molar-refractivity contribution < 1.29 is 19.3 Å². The van der Waals surface area contributed by atoms with Gasteiger partial charge in [-0.15, -0.1) is 0 Å². The first-order valence-corrected chi connectivity index (χ1v) is 8.68. The minimum absolute atomic E-state index is 0.0931. The average Bonchev–Trinajstić information content (AvgIpc) is 2.59. The zero-order chi connectivity index (χ0) is 17.6. The van der Waals surface area contributed by atoms with Crippen LogP contribution in [0.2, 0.25) is 5.02 Å². The second kappa shape index (κ2) is 8.90. The molecule has 1 fully saturated rings. The molecule has 0 saturated carbocycles. The van der Waals surface area contributed by atoms with Crippen molar-refractivity contribution >= 4 is 11.6 Å². The SMILES string of the molecule is COCC[C@]1(CO)CCCN(Cc2cc(Cl)cc(OC)c2OC)C1. The van der Waals surface area contributed by atoms with Crippen LogP contribution in [0.5, 0.6) is 11.5 Å². The van der Waals surface area contributed by atoms with Crippen molar-refractivity contribution in [1.29, 1.82) is 0 Å². The van der Waals surface area contributed by atoms with Crippen molar-refractivity contribution in [1.82, 2.24) is 4.90 Å². The summed E-state index contributed by atoms with van der Waals surface area (Å²) in [6, 6.07) is 3.68. The number of hydrogen-bond donors (Lipinski definition) is 1. The van der Waals surface area contributed by atoms with Gasteiger partial charge in [0.15, 0.2) is 11.5 Å². The Hall–Kier alpha value is -1.01. The van der Waals surface area contributed by atoms with Gasteiger partial charge in [-0.05, 0) is 31.9 Å². The van der Waals surface area contributed by atoms with Crippen molar-refractivity contribution in [3.63, 3.8) is 0 Å². The average molecular weight is 358 g/mol. The molecule has 0 bridgehead atoms. The van der Waals surface area contributed by atoms with E-state index in [2.05, 4.69) is 4.90 Å². The van der Waals surface area contributed by atoms with Crippen LogP contribution in [-0.4, -0.2) is 57.6 Å². The number of ether oxygens (including phenoxy) is 3. The number of rotatable bonds is 8. The molecule has 24 heavy (non-hydrogen) atoms. The topological polar surface area (TPSA) is 51.2 Å². The summed E-state index contributed by atoms with van der Waals surface area (Å²) in [4.78, 5) is 2.35. The maximum absolute atomic E-state index is 9.93. The summed E-state index contributed by atoms with van der Waals surface area (Å²) in [6.07, 6.45) is 2.95. The van der Waals surface area contributed by atoms with Crippen LogP contribution < -0.4 is 9.47 Å². The standard InChI is InChI=1S/C18H28ClNO4/c1-22-8-6-18(13-21)5-4-7-20(12-18)11-14-9-15(19)10-16(23-2)17(14)24-3/h9-10,21H,4-8,11-13H2,1-3H3/t18-/m1/s1. The monoisotopic (exact) mass is 357 g/mol. The highest BCUT2D eigenvalue weighted by atomic mass is 35.5. The Morgan fingerprint density at radius 1 is 1.25 bits per heavy atom. The van der Waals surface area contributed by atoms with E-state index in [9.17, 15) is 5.11 Å². The van der Waals surface area contributed by atoms with Gasteiger partial charge in [-0.3, -0.25) is 4.90 Å². The van der Waals surface area contributed by atoms with E-state index in [0.717, 1.165) is 50.2 Å². The summed E-state index contributed by atoms with van der Waals surface area (Å²) in [7, 11) is 4.96. The van der Waals surface area contributed by atoms with Gasteiger partial charge in [0.1, 0.15) is 0 Å². The molecule has 5 nitrogen and oxygen atoms in total. The molecule has 1 saturated heterocycles. The lowest BCUT2D eigenvalue weighted by Crippen LogP contribution is -2.45. The maximum Gasteiger partial charge on any atom is 0.165 e. The van der Waals surface area contributed by atoms with E-state index in [-0.39, 0.29) is 12.0 Å². The predicted molar refractivity (Wildman–Crippen MR) is 95.1 cm³/mol. The van der Waals surface area contributed by atoms with E-state index < -0.39 is 0 Å². The van der Waals surface area contributed by atoms with Crippen molar-refractivity contribution in [3.8, 4) is 11.5 Å². The number of halogens is 1. The molecule has 2 rings (SSSR count). The van der Waals surface area contributed by atoms with Crippen LogP contribution in [0.4, 0.5) is 0 Å². The zero-order valence-electron chi connectivity index (χ0n) is 14.8. The van der Waals surface area contributed by atoms with E-state index in [1.807, 2.05) is 6.07 Å². The molecule has 1 aromatic carbocycles. The normalized spacial score (nSPS) is 21.7. The van der Waals surface area contributed by atoms with Gasteiger partial charge < -0.3 is 19.3 Å². The molecule has 1 atom stereocenters. The van der Waals surface area contributed by atoms with Crippen LogP contribution in [0.25, 0.3) is 0 Å². The molecule has 0 aliphatic carbocycles. The molecular weight excluding hydrogens is 330 g/mol. The molecule has 6 heteroatoms. The molecule has 1 heterocycles. The lowest BCUT2D eigenvalue weighted by Gasteiger charge is -2.42. The molecule has 1 aliphatic rings. The van der Waals surface area contributed by atoms with Gasteiger partial charge in [0, 0.05) is 48.9 Å². The fraction of sp³-hybridized carbons (Fsp3) is 0.667.